The maximum Gasteiger partial charge on any atom is 0.262 e. The Bertz CT molecular complexity index is 2370. The average Bonchev–Trinajstić information content (AvgIpc) is 3.46. The number of hydrogen-bond donors (Lipinski definition) is 4. The minimum absolute atomic E-state index is 0.101. The van der Waals surface area contributed by atoms with Crippen LogP contribution in [-0.4, -0.2) is 142 Å². The SMILES string of the molecule is N=C(c1ccc(Oc2ccccc2)cc1)c1c(N)ncnc1NC1CCN(C2CN(C3CN(CC4CN(c5ccc6c(c5)C(=O)N(C5CCC(=O)NC5=O)C6=O)C4)C3)C2)CC1. The van der Waals surface area contributed by atoms with Crippen LogP contribution in [0, 0.1) is 11.3 Å². The summed E-state index contributed by atoms with van der Waals surface area (Å²) in [6.45, 7) is 9.23. The summed E-state index contributed by atoms with van der Waals surface area (Å²) in [5.74, 6) is 0.918. The molecule has 5 N–H and O–H groups in total. The highest BCUT2D eigenvalue weighted by Crippen LogP contribution is 2.35. The summed E-state index contributed by atoms with van der Waals surface area (Å²) in [4.78, 5) is 70.2. The summed E-state index contributed by atoms with van der Waals surface area (Å²) in [5, 5.41) is 14.9. The number of nitrogens with zero attached hydrogens (tertiary/aromatic N) is 7. The van der Waals surface area contributed by atoms with E-state index in [4.69, 9.17) is 15.9 Å². The minimum Gasteiger partial charge on any atom is -0.457 e. The van der Waals surface area contributed by atoms with Crippen LogP contribution in [0.2, 0.25) is 0 Å². The van der Waals surface area contributed by atoms with Crippen LogP contribution in [0.5, 0.6) is 11.5 Å². The van der Waals surface area contributed by atoms with E-state index in [2.05, 4.69) is 40.2 Å². The van der Waals surface area contributed by atoms with Gasteiger partial charge in [0.25, 0.3) is 11.8 Å². The Hall–Kier alpha value is -6.23. The van der Waals surface area contributed by atoms with Crippen molar-refractivity contribution in [2.75, 3.05) is 74.9 Å². The third kappa shape index (κ3) is 7.59. The van der Waals surface area contributed by atoms with E-state index in [-0.39, 0.29) is 36.3 Å². The van der Waals surface area contributed by atoms with E-state index in [1.807, 2.05) is 60.7 Å². The Labute approximate surface area is 353 Å². The average molecular weight is 824 g/mol. The first-order valence-corrected chi connectivity index (χ1v) is 21.3. The van der Waals surface area contributed by atoms with Crippen molar-refractivity contribution < 1.29 is 23.9 Å². The van der Waals surface area contributed by atoms with E-state index in [9.17, 15) is 19.2 Å². The summed E-state index contributed by atoms with van der Waals surface area (Å²) < 4.78 is 5.93. The number of rotatable bonds is 12. The molecular formula is C45H49N11O5. The monoisotopic (exact) mass is 823 g/mol. The van der Waals surface area contributed by atoms with E-state index in [1.54, 1.807) is 12.1 Å². The first kappa shape index (κ1) is 38.9. The number of benzene rings is 3. The Balaban J connectivity index is 0.644. The number of carbonyl (C=O) groups excluding carboxylic acids is 4. The molecule has 0 saturated carbocycles. The maximum atomic E-state index is 13.3. The number of imide groups is 2. The zero-order valence-corrected chi connectivity index (χ0v) is 33.8. The van der Waals surface area contributed by atoms with Crippen LogP contribution < -0.4 is 26.0 Å². The molecule has 5 fully saturated rings. The molecule has 1 atom stereocenters. The normalized spacial score (nSPS) is 22.1. The molecule has 4 amide bonds. The molecule has 1 unspecified atom stereocenters. The smallest absolute Gasteiger partial charge is 0.262 e. The number of fused-ring (bicyclic) bond motifs is 1. The van der Waals surface area contributed by atoms with Crippen LogP contribution in [0.15, 0.2) is 79.1 Å². The lowest BCUT2D eigenvalue weighted by Gasteiger charge is -2.56. The van der Waals surface area contributed by atoms with Gasteiger partial charge in [0.05, 0.1) is 22.4 Å². The number of hydrogen-bond acceptors (Lipinski definition) is 14. The largest absolute Gasteiger partial charge is 0.457 e. The van der Waals surface area contributed by atoms with Crippen molar-refractivity contribution >= 4 is 46.7 Å². The molecule has 7 heterocycles. The van der Waals surface area contributed by atoms with E-state index in [0.29, 0.717) is 51.8 Å². The Morgan fingerprint density at radius 1 is 0.803 bits per heavy atom. The molecule has 0 aliphatic carbocycles. The van der Waals surface area contributed by atoms with Gasteiger partial charge in [-0.1, -0.05) is 18.2 Å². The second-order valence-electron chi connectivity index (χ2n) is 17.2. The molecule has 1 aromatic heterocycles. The van der Waals surface area contributed by atoms with E-state index >= 15 is 0 Å². The lowest BCUT2D eigenvalue weighted by molar-refractivity contribution is -0.136. The molecule has 314 valence electrons. The molecule has 6 aliphatic heterocycles. The van der Waals surface area contributed by atoms with Crippen molar-refractivity contribution in [2.24, 2.45) is 5.92 Å². The van der Waals surface area contributed by atoms with Crippen LogP contribution in [0.1, 0.15) is 57.5 Å². The number of carbonyl (C=O) groups is 4. The topological polar surface area (TPSA) is 193 Å². The predicted molar refractivity (Wildman–Crippen MR) is 228 cm³/mol. The number of para-hydroxylation sites is 1. The fourth-order valence-electron chi connectivity index (χ4n) is 9.67. The van der Waals surface area contributed by atoms with Gasteiger partial charge in [-0.05, 0) is 73.9 Å². The number of amides is 4. The van der Waals surface area contributed by atoms with Crippen LogP contribution in [0.3, 0.4) is 0 Å². The van der Waals surface area contributed by atoms with Gasteiger partial charge in [0, 0.05) is 101 Å². The van der Waals surface area contributed by atoms with Crippen LogP contribution in [0.25, 0.3) is 0 Å². The number of anilines is 3. The van der Waals surface area contributed by atoms with E-state index < -0.39 is 23.8 Å². The highest BCUT2D eigenvalue weighted by atomic mass is 16.5. The molecule has 3 aromatic carbocycles. The van der Waals surface area contributed by atoms with Crippen molar-refractivity contribution in [3.05, 3.63) is 101 Å². The number of nitrogen functional groups attached to an aromatic ring is 1. The third-order valence-electron chi connectivity index (χ3n) is 13.2. The quantitative estimate of drug-likeness (QED) is 0.121. The van der Waals surface area contributed by atoms with Gasteiger partial charge in [-0.3, -0.25) is 49.5 Å². The van der Waals surface area contributed by atoms with Crippen molar-refractivity contribution in [3.63, 3.8) is 0 Å². The zero-order chi connectivity index (χ0) is 41.8. The molecule has 16 heteroatoms. The minimum atomic E-state index is -0.959. The van der Waals surface area contributed by atoms with Gasteiger partial charge in [-0.25, -0.2) is 9.97 Å². The van der Waals surface area contributed by atoms with E-state index in [1.165, 1.54) is 6.33 Å². The standard InChI is InChI=1S/C45H49N11O5/c46-40(28-6-9-34(10-7-28)61-33-4-2-1-3-5-33)39-41(47)48-26-49-42(39)50-29-14-16-53(17-15-29)32-24-55(25-32)31-22-52(23-31)19-27-20-54(21-27)30-8-11-35-36(18-30)45(60)56(44(35)59)37-12-13-38(57)51-43(37)58/h1-11,18,26-27,29,31-32,37,46H,12-17,19-25H2,(H,51,57,58)(H3,47,48,49,50). The molecule has 0 radical (unpaired) electrons. The summed E-state index contributed by atoms with van der Waals surface area (Å²) in [7, 11) is 0. The predicted octanol–water partition coefficient (Wildman–Crippen LogP) is 3.05. The number of aromatic nitrogens is 2. The van der Waals surface area contributed by atoms with E-state index in [0.717, 1.165) is 88.1 Å². The summed E-state index contributed by atoms with van der Waals surface area (Å²) in [6.07, 6.45) is 3.67. The fourth-order valence-corrected chi connectivity index (χ4v) is 9.67. The van der Waals surface area contributed by atoms with Crippen LogP contribution in [-0.2, 0) is 9.59 Å². The number of piperidine rings is 2. The Morgan fingerprint density at radius 2 is 1.51 bits per heavy atom. The molecule has 10 rings (SSSR count). The molecule has 16 nitrogen and oxygen atoms in total. The highest BCUT2D eigenvalue weighted by Gasteiger charge is 2.46. The Kier molecular flexibility index (Phi) is 10.2. The lowest BCUT2D eigenvalue weighted by atomic mass is 9.93. The third-order valence-corrected chi connectivity index (χ3v) is 13.2. The number of nitrogens with two attached hydrogens (primary N) is 1. The van der Waals surface area contributed by atoms with Gasteiger partial charge in [0.2, 0.25) is 11.8 Å². The van der Waals surface area contributed by atoms with Crippen LogP contribution >= 0.6 is 0 Å². The first-order valence-electron chi connectivity index (χ1n) is 21.3. The molecule has 6 aliphatic rings. The Morgan fingerprint density at radius 3 is 2.25 bits per heavy atom. The van der Waals surface area contributed by atoms with Gasteiger partial charge in [0.1, 0.15) is 35.5 Å². The molecule has 61 heavy (non-hydrogen) atoms. The van der Waals surface area contributed by atoms with Crippen molar-refractivity contribution in [2.45, 2.75) is 49.9 Å². The number of nitrogens with one attached hydrogen (secondary N) is 3. The second kappa shape index (κ2) is 16.0. The maximum absolute atomic E-state index is 13.3. The summed E-state index contributed by atoms with van der Waals surface area (Å²) in [5.41, 5.74) is 9.37. The molecule has 5 saturated heterocycles. The van der Waals surface area contributed by atoms with Gasteiger partial charge >= 0.3 is 0 Å². The second-order valence-corrected chi connectivity index (χ2v) is 17.2. The van der Waals surface area contributed by atoms with Crippen molar-refractivity contribution in [1.82, 2.24) is 34.9 Å². The first-order chi connectivity index (χ1) is 29.6. The van der Waals surface area contributed by atoms with Crippen molar-refractivity contribution in [1.29, 1.82) is 5.41 Å². The van der Waals surface area contributed by atoms with Crippen molar-refractivity contribution in [3.8, 4) is 11.5 Å². The van der Waals surface area contributed by atoms with Crippen LogP contribution in [0.4, 0.5) is 17.3 Å². The number of likely N-dealkylation sites (tertiary alicyclic amines) is 3. The lowest BCUT2D eigenvalue weighted by Crippen LogP contribution is -2.71. The summed E-state index contributed by atoms with van der Waals surface area (Å²) >= 11 is 0. The highest BCUT2D eigenvalue weighted by molar-refractivity contribution is 6.23. The molecule has 4 aromatic rings. The number of ether oxygens (including phenoxy) is 1. The zero-order valence-electron chi connectivity index (χ0n) is 33.8. The van der Waals surface area contributed by atoms with Gasteiger partial charge in [-0.15, -0.1) is 0 Å². The van der Waals surface area contributed by atoms with Gasteiger partial charge in [-0.2, -0.15) is 0 Å². The fraction of sp³-hybridized carbons (Fsp3) is 0.400. The summed E-state index contributed by atoms with van der Waals surface area (Å²) in [6, 6.07) is 22.8. The molecular weight excluding hydrogens is 775 g/mol. The van der Waals surface area contributed by atoms with Gasteiger partial charge in [0.15, 0.2) is 0 Å². The molecule has 0 bridgehead atoms. The molecule has 0 spiro atoms. The van der Waals surface area contributed by atoms with Gasteiger partial charge < -0.3 is 20.7 Å².